The van der Waals surface area contributed by atoms with E-state index in [4.69, 9.17) is 24.7 Å². The summed E-state index contributed by atoms with van der Waals surface area (Å²) in [6.45, 7) is 5.14. The minimum absolute atomic E-state index is 0.0296. The molecule has 11 nitrogen and oxygen atoms in total. The Hall–Kier alpha value is -3.89. The van der Waals surface area contributed by atoms with E-state index >= 15 is 0 Å². The van der Waals surface area contributed by atoms with Crippen molar-refractivity contribution < 1.29 is 42.9 Å². The summed E-state index contributed by atoms with van der Waals surface area (Å²) in [6.07, 6.45) is -0.405. The van der Waals surface area contributed by atoms with Crippen LogP contribution in [0.2, 0.25) is 0 Å². The van der Waals surface area contributed by atoms with Gasteiger partial charge in [-0.1, -0.05) is 12.1 Å². The number of carbonyl (C=O) groups excluding carboxylic acids is 5. The lowest BCUT2D eigenvalue weighted by molar-refractivity contribution is -0.166. The molecular formula is C22H28N2O9. The molecule has 0 saturated heterocycles. The third kappa shape index (κ3) is 9.42. The van der Waals surface area contributed by atoms with Gasteiger partial charge in [0.1, 0.15) is 11.3 Å². The van der Waals surface area contributed by atoms with Crippen molar-refractivity contribution in [3.05, 3.63) is 35.4 Å². The molecule has 180 valence electrons. The Morgan fingerprint density at radius 2 is 1.45 bits per heavy atom. The van der Waals surface area contributed by atoms with Gasteiger partial charge < -0.3 is 30.0 Å². The van der Waals surface area contributed by atoms with Crippen molar-refractivity contribution in [2.24, 2.45) is 5.73 Å². The lowest BCUT2D eigenvalue weighted by Crippen LogP contribution is -2.38. The molecule has 0 atom stereocenters. The minimum atomic E-state index is -1.60. The fourth-order valence-corrected chi connectivity index (χ4v) is 2.43. The van der Waals surface area contributed by atoms with E-state index in [1.807, 2.05) is 0 Å². The standard InChI is InChI=1S/C22H28N2O9/c1-4-30-17(25)11-12-24-20(27)16(19(23)26)13-14-7-9-15(10-8-14)33-18(21(28)31-5-2)22(29)32-6-3/h7-10,13,18H,4-6,11-12H2,1-3H3,(H2,23,26)(H,24,27)/b16-13+. The first-order valence-electron chi connectivity index (χ1n) is 10.3. The van der Waals surface area contributed by atoms with Gasteiger partial charge in [-0.05, 0) is 44.5 Å². The predicted octanol–water partition coefficient (Wildman–Crippen LogP) is 0.498. The third-order valence-electron chi connectivity index (χ3n) is 3.88. The summed E-state index contributed by atoms with van der Waals surface area (Å²) in [7, 11) is 0. The van der Waals surface area contributed by atoms with Crippen LogP contribution in [-0.2, 0) is 38.2 Å². The van der Waals surface area contributed by atoms with Crippen LogP contribution in [0.25, 0.3) is 6.08 Å². The molecule has 2 amide bonds. The van der Waals surface area contributed by atoms with E-state index in [0.29, 0.717) is 5.56 Å². The maximum atomic E-state index is 12.3. The average molecular weight is 464 g/mol. The molecule has 1 rings (SSSR count). The molecule has 0 aliphatic heterocycles. The van der Waals surface area contributed by atoms with Gasteiger partial charge in [0.25, 0.3) is 17.9 Å². The Labute approximate surface area is 191 Å². The molecule has 0 aliphatic rings. The summed E-state index contributed by atoms with van der Waals surface area (Å²) in [6, 6.07) is 5.82. The molecule has 0 unspecified atom stereocenters. The molecule has 3 N–H and O–H groups in total. The normalized spacial score (nSPS) is 10.8. The van der Waals surface area contributed by atoms with Crippen LogP contribution in [0.4, 0.5) is 0 Å². The summed E-state index contributed by atoms with van der Waals surface area (Å²) in [5.74, 6) is -3.84. The second-order valence-electron chi connectivity index (χ2n) is 6.30. The predicted molar refractivity (Wildman–Crippen MR) is 116 cm³/mol. The van der Waals surface area contributed by atoms with Gasteiger partial charge in [0.05, 0.1) is 26.2 Å². The zero-order valence-corrected chi connectivity index (χ0v) is 18.8. The number of amides is 2. The van der Waals surface area contributed by atoms with Crippen molar-refractivity contribution in [2.45, 2.75) is 33.3 Å². The number of hydrogen-bond donors (Lipinski definition) is 2. The van der Waals surface area contributed by atoms with Crippen LogP contribution in [0.1, 0.15) is 32.8 Å². The van der Waals surface area contributed by atoms with Gasteiger partial charge in [-0.25, -0.2) is 9.59 Å². The number of ether oxygens (including phenoxy) is 4. The van der Waals surface area contributed by atoms with Crippen molar-refractivity contribution >= 4 is 35.8 Å². The number of primary amides is 1. The molecular weight excluding hydrogens is 436 g/mol. The number of rotatable bonds is 13. The monoisotopic (exact) mass is 464 g/mol. The first-order chi connectivity index (χ1) is 15.7. The van der Waals surface area contributed by atoms with E-state index in [9.17, 15) is 24.0 Å². The molecule has 33 heavy (non-hydrogen) atoms. The maximum Gasteiger partial charge on any atom is 0.359 e. The zero-order valence-electron chi connectivity index (χ0n) is 18.8. The topological polar surface area (TPSA) is 160 Å². The van der Waals surface area contributed by atoms with Crippen LogP contribution >= 0.6 is 0 Å². The molecule has 0 fully saturated rings. The molecule has 0 radical (unpaired) electrons. The second-order valence-corrected chi connectivity index (χ2v) is 6.30. The smallest absolute Gasteiger partial charge is 0.359 e. The van der Waals surface area contributed by atoms with Gasteiger partial charge in [0.2, 0.25) is 0 Å². The molecule has 11 heteroatoms. The molecule has 0 saturated carbocycles. The zero-order chi connectivity index (χ0) is 24.8. The van der Waals surface area contributed by atoms with Crippen molar-refractivity contribution in [1.82, 2.24) is 5.32 Å². The SMILES string of the molecule is CCOC(=O)CCNC(=O)/C(=C/c1ccc(OC(C(=O)OCC)C(=O)OCC)cc1)C(N)=O. The Balaban J connectivity index is 2.91. The fourth-order valence-electron chi connectivity index (χ4n) is 2.43. The third-order valence-corrected chi connectivity index (χ3v) is 3.88. The number of benzene rings is 1. The van der Waals surface area contributed by atoms with E-state index in [-0.39, 0.29) is 44.1 Å². The first kappa shape index (κ1) is 27.1. The van der Waals surface area contributed by atoms with Gasteiger partial charge >= 0.3 is 17.9 Å². The highest BCUT2D eigenvalue weighted by Gasteiger charge is 2.31. The molecule has 1 aromatic carbocycles. The molecule has 1 aromatic rings. The van der Waals surface area contributed by atoms with Crippen molar-refractivity contribution in [3.63, 3.8) is 0 Å². The van der Waals surface area contributed by atoms with E-state index in [0.717, 1.165) is 0 Å². The van der Waals surface area contributed by atoms with Crippen molar-refractivity contribution in [2.75, 3.05) is 26.4 Å². The molecule has 0 spiro atoms. The highest BCUT2D eigenvalue weighted by atomic mass is 16.6. The number of hydrogen-bond acceptors (Lipinski definition) is 9. The maximum absolute atomic E-state index is 12.3. The Morgan fingerprint density at radius 1 is 0.909 bits per heavy atom. The van der Waals surface area contributed by atoms with Gasteiger partial charge in [0, 0.05) is 6.54 Å². The van der Waals surface area contributed by atoms with E-state index in [1.54, 1.807) is 20.8 Å². The van der Waals surface area contributed by atoms with Gasteiger partial charge in [0.15, 0.2) is 0 Å². The van der Waals surface area contributed by atoms with Crippen molar-refractivity contribution in [1.29, 1.82) is 0 Å². The Bertz CT molecular complexity index is 860. The number of carbonyl (C=O) groups is 5. The van der Waals surface area contributed by atoms with E-state index < -0.39 is 35.8 Å². The summed E-state index contributed by atoms with van der Waals surface area (Å²) >= 11 is 0. The van der Waals surface area contributed by atoms with E-state index in [2.05, 4.69) is 5.32 Å². The molecule has 0 heterocycles. The largest absolute Gasteiger partial charge is 0.467 e. The quantitative estimate of drug-likeness (QED) is 0.139. The lowest BCUT2D eigenvalue weighted by atomic mass is 10.1. The van der Waals surface area contributed by atoms with E-state index in [1.165, 1.54) is 30.3 Å². The highest BCUT2D eigenvalue weighted by Crippen LogP contribution is 2.17. The van der Waals surface area contributed by atoms with Gasteiger partial charge in [-0.2, -0.15) is 0 Å². The summed E-state index contributed by atoms with van der Waals surface area (Å²) < 4.78 is 19.8. The van der Waals surface area contributed by atoms with Gasteiger partial charge in [-0.15, -0.1) is 0 Å². The van der Waals surface area contributed by atoms with Crippen molar-refractivity contribution in [3.8, 4) is 5.75 Å². The second kappa shape index (κ2) is 14.2. The summed E-state index contributed by atoms with van der Waals surface area (Å²) in [5, 5.41) is 2.42. The first-order valence-corrected chi connectivity index (χ1v) is 10.3. The summed E-state index contributed by atoms with van der Waals surface area (Å²) in [4.78, 5) is 59.3. The molecule has 0 aromatic heterocycles. The minimum Gasteiger partial charge on any atom is -0.467 e. The van der Waals surface area contributed by atoms with Crippen LogP contribution < -0.4 is 15.8 Å². The Morgan fingerprint density at radius 3 is 1.94 bits per heavy atom. The molecule has 0 bridgehead atoms. The van der Waals surface area contributed by atoms with Crippen LogP contribution in [0, 0.1) is 0 Å². The fraction of sp³-hybridized carbons (Fsp3) is 0.409. The van der Waals surface area contributed by atoms with Gasteiger partial charge in [-0.3, -0.25) is 14.4 Å². The Kier molecular flexibility index (Phi) is 11.7. The number of esters is 3. The van der Waals surface area contributed by atoms with Crippen LogP contribution in [0.5, 0.6) is 5.75 Å². The average Bonchev–Trinajstić information content (AvgIpc) is 2.76. The van der Waals surface area contributed by atoms with Crippen LogP contribution in [0.3, 0.4) is 0 Å². The molecule has 0 aliphatic carbocycles. The van der Waals surface area contributed by atoms with Crippen LogP contribution in [-0.4, -0.2) is 62.2 Å². The number of nitrogens with one attached hydrogen (secondary N) is 1. The summed E-state index contributed by atoms with van der Waals surface area (Å²) in [5.41, 5.74) is 5.38. The lowest BCUT2D eigenvalue weighted by Gasteiger charge is -2.16. The van der Waals surface area contributed by atoms with Crippen LogP contribution in [0.15, 0.2) is 29.8 Å². The number of nitrogens with two attached hydrogens (primary N) is 1. The highest BCUT2D eigenvalue weighted by molar-refractivity contribution is 6.21.